The van der Waals surface area contributed by atoms with Crippen LogP contribution in [-0.4, -0.2) is 42.4 Å². The minimum Gasteiger partial charge on any atom is -0.454 e. The van der Waals surface area contributed by atoms with E-state index in [4.69, 9.17) is 4.74 Å². The van der Waals surface area contributed by atoms with Gasteiger partial charge in [-0.15, -0.1) is 0 Å². The molecule has 0 aromatic heterocycles. The number of hydrogen-bond acceptors (Lipinski definition) is 5. The van der Waals surface area contributed by atoms with Gasteiger partial charge in [-0.05, 0) is 56.5 Å². The summed E-state index contributed by atoms with van der Waals surface area (Å²) in [6.45, 7) is 3.43. The van der Waals surface area contributed by atoms with Gasteiger partial charge in [0.05, 0.1) is 0 Å². The van der Waals surface area contributed by atoms with E-state index in [0.717, 1.165) is 11.1 Å². The normalized spacial score (nSPS) is 11.4. The Morgan fingerprint density at radius 2 is 1.76 bits per heavy atom. The van der Waals surface area contributed by atoms with Crippen LogP contribution in [0.4, 0.5) is 5.69 Å². The second-order valence-corrected chi connectivity index (χ2v) is 7.68. The Labute approximate surface area is 175 Å². The molecule has 2 aromatic rings. The van der Waals surface area contributed by atoms with Crippen LogP contribution in [0.2, 0.25) is 0 Å². The fraction of sp³-hybridized carbons (Fsp3) is 0.318. The number of ether oxygens (including phenoxy) is 1. The van der Waals surface area contributed by atoms with E-state index in [-0.39, 0.29) is 5.91 Å². The maximum atomic E-state index is 12.5. The number of rotatable bonds is 9. The summed E-state index contributed by atoms with van der Waals surface area (Å²) in [5, 5.41) is 5.39. The topological polar surface area (TPSA) is 84.5 Å². The highest BCUT2D eigenvalue weighted by Crippen LogP contribution is 2.10. The first-order chi connectivity index (χ1) is 13.9. The van der Waals surface area contributed by atoms with Crippen molar-refractivity contribution in [2.24, 2.45) is 0 Å². The van der Waals surface area contributed by atoms with Gasteiger partial charge in [0.15, 0.2) is 6.61 Å². The van der Waals surface area contributed by atoms with E-state index in [1.807, 2.05) is 38.3 Å². The van der Waals surface area contributed by atoms with Crippen molar-refractivity contribution in [3.05, 3.63) is 65.2 Å². The van der Waals surface area contributed by atoms with E-state index in [2.05, 4.69) is 10.6 Å². The molecule has 2 rings (SSSR count). The highest BCUT2D eigenvalue weighted by molar-refractivity contribution is 7.98. The zero-order valence-corrected chi connectivity index (χ0v) is 17.7. The Balaban J connectivity index is 1.92. The van der Waals surface area contributed by atoms with E-state index >= 15 is 0 Å². The SMILES string of the molecule is CSCC[C@@H](NC(=O)c1cccc(C)c1)C(=O)OCC(=O)Nc1ccc(C)cc1. The third-order valence-electron chi connectivity index (χ3n) is 4.16. The molecule has 7 heteroatoms. The molecular weight excluding hydrogens is 388 g/mol. The number of carbonyl (C=O) groups excluding carboxylic acids is 3. The maximum Gasteiger partial charge on any atom is 0.329 e. The van der Waals surface area contributed by atoms with Crippen LogP contribution in [0.1, 0.15) is 27.9 Å². The number of anilines is 1. The Morgan fingerprint density at radius 3 is 2.41 bits per heavy atom. The van der Waals surface area contributed by atoms with Crippen molar-refractivity contribution in [1.29, 1.82) is 0 Å². The Bertz CT molecular complexity index is 852. The molecule has 0 unspecified atom stereocenters. The first-order valence-corrected chi connectivity index (χ1v) is 10.7. The van der Waals surface area contributed by atoms with Gasteiger partial charge < -0.3 is 15.4 Å². The number of hydrogen-bond donors (Lipinski definition) is 2. The molecule has 0 spiro atoms. The minimum atomic E-state index is -0.817. The molecule has 2 aromatic carbocycles. The zero-order chi connectivity index (χ0) is 21.2. The second kappa shape index (κ2) is 11.3. The van der Waals surface area contributed by atoms with Crippen molar-refractivity contribution in [3.63, 3.8) is 0 Å². The smallest absolute Gasteiger partial charge is 0.329 e. The van der Waals surface area contributed by atoms with Gasteiger partial charge in [0.25, 0.3) is 11.8 Å². The molecule has 29 heavy (non-hydrogen) atoms. The lowest BCUT2D eigenvalue weighted by Crippen LogP contribution is -2.43. The van der Waals surface area contributed by atoms with Gasteiger partial charge >= 0.3 is 5.97 Å². The van der Waals surface area contributed by atoms with Crippen molar-refractivity contribution in [2.45, 2.75) is 26.3 Å². The molecule has 2 N–H and O–H groups in total. The quantitative estimate of drug-likeness (QED) is 0.615. The van der Waals surface area contributed by atoms with Crippen LogP contribution in [0.5, 0.6) is 0 Å². The van der Waals surface area contributed by atoms with Gasteiger partial charge in [0.2, 0.25) is 0 Å². The average molecular weight is 415 g/mol. The molecule has 1 atom stereocenters. The second-order valence-electron chi connectivity index (χ2n) is 6.70. The number of nitrogens with one attached hydrogen (secondary N) is 2. The molecule has 0 heterocycles. The molecule has 154 valence electrons. The van der Waals surface area contributed by atoms with Crippen LogP contribution in [0, 0.1) is 13.8 Å². The lowest BCUT2D eigenvalue weighted by Gasteiger charge is -2.17. The summed E-state index contributed by atoms with van der Waals surface area (Å²) in [5.41, 5.74) is 3.14. The number of carbonyl (C=O) groups is 3. The predicted octanol–water partition coefficient (Wildman–Crippen LogP) is 3.34. The Kier molecular flexibility index (Phi) is 8.73. The molecule has 6 nitrogen and oxygen atoms in total. The Hall–Kier alpha value is -2.80. The van der Waals surface area contributed by atoms with E-state index in [9.17, 15) is 14.4 Å². The lowest BCUT2D eigenvalue weighted by molar-refractivity contribution is -0.149. The lowest BCUT2D eigenvalue weighted by atomic mass is 10.1. The van der Waals surface area contributed by atoms with E-state index in [0.29, 0.717) is 23.4 Å². The minimum absolute atomic E-state index is 0.346. The fourth-order valence-corrected chi connectivity index (χ4v) is 3.06. The molecule has 0 aliphatic heterocycles. The number of benzene rings is 2. The van der Waals surface area contributed by atoms with Crippen LogP contribution in [0.25, 0.3) is 0 Å². The monoisotopic (exact) mass is 414 g/mol. The van der Waals surface area contributed by atoms with Gasteiger partial charge in [0.1, 0.15) is 6.04 Å². The number of thioether (sulfide) groups is 1. The summed E-state index contributed by atoms with van der Waals surface area (Å²) in [6.07, 6.45) is 2.33. The fourth-order valence-electron chi connectivity index (χ4n) is 2.58. The van der Waals surface area contributed by atoms with Crippen molar-refractivity contribution in [1.82, 2.24) is 5.32 Å². The molecule has 0 aliphatic rings. The predicted molar refractivity (Wildman–Crippen MR) is 116 cm³/mol. The molecule has 0 bridgehead atoms. The molecule has 2 amide bonds. The molecule has 0 aliphatic carbocycles. The summed E-state index contributed by atoms with van der Waals surface area (Å²) in [6, 6.07) is 13.6. The summed E-state index contributed by atoms with van der Waals surface area (Å²) < 4.78 is 5.14. The van der Waals surface area contributed by atoms with Crippen LogP contribution in [0.3, 0.4) is 0 Å². The summed E-state index contributed by atoms with van der Waals surface area (Å²) in [4.78, 5) is 37.0. The third kappa shape index (κ3) is 7.62. The van der Waals surface area contributed by atoms with Crippen molar-refractivity contribution in [3.8, 4) is 0 Å². The van der Waals surface area contributed by atoms with Crippen LogP contribution >= 0.6 is 11.8 Å². The van der Waals surface area contributed by atoms with Crippen LogP contribution < -0.4 is 10.6 Å². The average Bonchev–Trinajstić information content (AvgIpc) is 2.70. The molecular formula is C22H26N2O4S. The molecule has 0 fully saturated rings. The van der Waals surface area contributed by atoms with E-state index in [1.54, 1.807) is 42.1 Å². The zero-order valence-electron chi connectivity index (χ0n) is 16.9. The number of aryl methyl sites for hydroxylation is 2. The summed E-state index contributed by atoms with van der Waals surface area (Å²) in [5.74, 6) is -0.737. The third-order valence-corrected chi connectivity index (χ3v) is 4.81. The summed E-state index contributed by atoms with van der Waals surface area (Å²) in [7, 11) is 0. The largest absolute Gasteiger partial charge is 0.454 e. The summed E-state index contributed by atoms with van der Waals surface area (Å²) >= 11 is 1.56. The highest BCUT2D eigenvalue weighted by Gasteiger charge is 2.23. The first kappa shape index (κ1) is 22.5. The van der Waals surface area contributed by atoms with Crippen LogP contribution in [-0.2, 0) is 14.3 Å². The maximum absolute atomic E-state index is 12.5. The molecule has 0 saturated heterocycles. The highest BCUT2D eigenvalue weighted by atomic mass is 32.2. The van der Waals surface area contributed by atoms with E-state index in [1.165, 1.54) is 0 Å². The van der Waals surface area contributed by atoms with Gasteiger partial charge in [-0.1, -0.05) is 35.4 Å². The number of amides is 2. The standard InChI is InChI=1S/C22H26N2O4S/c1-15-7-9-18(10-8-15)23-20(25)14-28-22(27)19(11-12-29-3)24-21(26)17-6-4-5-16(2)13-17/h4-10,13,19H,11-12,14H2,1-3H3,(H,23,25)(H,24,26)/t19-/m1/s1. The van der Waals surface area contributed by atoms with Crippen molar-refractivity contribution in [2.75, 3.05) is 23.9 Å². The van der Waals surface area contributed by atoms with E-state index < -0.39 is 24.5 Å². The molecule has 0 saturated carbocycles. The van der Waals surface area contributed by atoms with Gasteiger partial charge in [-0.2, -0.15) is 11.8 Å². The van der Waals surface area contributed by atoms with Crippen molar-refractivity contribution < 1.29 is 19.1 Å². The van der Waals surface area contributed by atoms with Gasteiger partial charge in [-0.3, -0.25) is 9.59 Å². The van der Waals surface area contributed by atoms with Crippen LogP contribution in [0.15, 0.2) is 48.5 Å². The van der Waals surface area contributed by atoms with Crippen molar-refractivity contribution >= 4 is 35.2 Å². The Morgan fingerprint density at radius 1 is 1.03 bits per heavy atom. The number of esters is 1. The molecule has 0 radical (unpaired) electrons. The van der Waals surface area contributed by atoms with Gasteiger partial charge in [-0.25, -0.2) is 4.79 Å². The first-order valence-electron chi connectivity index (χ1n) is 9.28. The van der Waals surface area contributed by atoms with Gasteiger partial charge in [0, 0.05) is 11.3 Å².